The van der Waals surface area contributed by atoms with Gasteiger partial charge in [-0.2, -0.15) is 0 Å². The maximum absolute atomic E-state index is 7.57. The van der Waals surface area contributed by atoms with E-state index in [0.717, 1.165) is 15.8 Å². The van der Waals surface area contributed by atoms with Gasteiger partial charge in [0.2, 0.25) is 5.90 Å². The van der Waals surface area contributed by atoms with Gasteiger partial charge in [0, 0.05) is 5.56 Å². The number of methoxy groups -OCH3 is 1. The molecule has 0 fully saturated rings. The van der Waals surface area contributed by atoms with Crippen LogP contribution in [0.3, 0.4) is 0 Å². The molecule has 1 aromatic rings. The fraction of sp³-hybridized carbons (Fsp3) is 0.300. The molecule has 0 saturated carbocycles. The van der Waals surface area contributed by atoms with E-state index in [1.165, 1.54) is 0 Å². The first-order chi connectivity index (χ1) is 6.69. The summed E-state index contributed by atoms with van der Waals surface area (Å²) in [7, 11) is 1.60. The van der Waals surface area contributed by atoms with E-state index in [0.29, 0.717) is 6.61 Å². The molecule has 0 unspecified atom stereocenters. The normalized spacial score (nSPS) is 9.64. The van der Waals surface area contributed by atoms with Crippen LogP contribution in [0, 0.1) is 5.41 Å². The Morgan fingerprint density at radius 1 is 1.50 bits per heavy atom. The molecule has 0 amide bonds. The van der Waals surface area contributed by atoms with Gasteiger partial charge in [-0.1, -0.05) is 0 Å². The van der Waals surface area contributed by atoms with Crippen LogP contribution in [0.5, 0.6) is 5.75 Å². The topological polar surface area (TPSA) is 42.3 Å². The Balaban J connectivity index is 2.91. The molecule has 1 N–H and O–H groups in total. The van der Waals surface area contributed by atoms with Gasteiger partial charge in [-0.15, -0.1) is 0 Å². The lowest BCUT2D eigenvalue weighted by atomic mass is 10.2. The monoisotopic (exact) mass is 257 g/mol. The molecule has 0 spiro atoms. The van der Waals surface area contributed by atoms with Gasteiger partial charge in [-0.05, 0) is 41.1 Å². The van der Waals surface area contributed by atoms with Gasteiger partial charge in [0.05, 0.1) is 18.2 Å². The second-order valence-corrected chi connectivity index (χ2v) is 3.47. The van der Waals surface area contributed by atoms with Crippen LogP contribution >= 0.6 is 15.9 Å². The van der Waals surface area contributed by atoms with Crippen molar-refractivity contribution in [2.75, 3.05) is 13.7 Å². The minimum absolute atomic E-state index is 0.177. The molecule has 4 heteroatoms. The molecule has 1 aromatic carbocycles. The predicted octanol–water partition coefficient (Wildman–Crippen LogP) is 2.82. The second-order valence-electron chi connectivity index (χ2n) is 2.61. The van der Waals surface area contributed by atoms with Gasteiger partial charge < -0.3 is 9.47 Å². The van der Waals surface area contributed by atoms with Crippen molar-refractivity contribution >= 4 is 21.8 Å². The SMILES string of the molecule is CCOC(=N)c1ccc(OC)c(Br)c1. The zero-order valence-corrected chi connectivity index (χ0v) is 9.72. The minimum atomic E-state index is 0.177. The van der Waals surface area contributed by atoms with Gasteiger partial charge in [0.15, 0.2) is 0 Å². The Labute approximate surface area is 91.7 Å². The van der Waals surface area contributed by atoms with Crippen molar-refractivity contribution in [2.24, 2.45) is 0 Å². The first kappa shape index (κ1) is 11.0. The lowest BCUT2D eigenvalue weighted by Crippen LogP contribution is -2.04. The standard InChI is InChI=1S/C10H12BrNO2/c1-3-14-10(12)7-4-5-9(13-2)8(11)6-7/h4-6,12H,3H2,1-2H3. The molecule has 0 aromatic heterocycles. The van der Waals surface area contributed by atoms with Gasteiger partial charge in [0.25, 0.3) is 0 Å². The number of hydrogen-bond acceptors (Lipinski definition) is 3. The molecule has 0 bridgehead atoms. The van der Waals surface area contributed by atoms with Crippen LogP contribution in [0.15, 0.2) is 22.7 Å². The van der Waals surface area contributed by atoms with E-state index < -0.39 is 0 Å². The highest BCUT2D eigenvalue weighted by atomic mass is 79.9. The predicted molar refractivity (Wildman–Crippen MR) is 59.1 cm³/mol. The Morgan fingerprint density at radius 3 is 2.71 bits per heavy atom. The summed E-state index contributed by atoms with van der Waals surface area (Å²) in [6.45, 7) is 2.36. The third kappa shape index (κ3) is 2.48. The first-order valence-electron chi connectivity index (χ1n) is 4.24. The zero-order valence-electron chi connectivity index (χ0n) is 8.13. The first-order valence-corrected chi connectivity index (χ1v) is 5.03. The molecule has 14 heavy (non-hydrogen) atoms. The quantitative estimate of drug-likeness (QED) is 0.669. The van der Waals surface area contributed by atoms with Gasteiger partial charge in [-0.25, -0.2) is 0 Å². The Kier molecular flexibility index (Phi) is 3.95. The summed E-state index contributed by atoms with van der Waals surface area (Å²) in [6.07, 6.45) is 0. The van der Waals surface area contributed by atoms with Crippen molar-refractivity contribution in [2.45, 2.75) is 6.92 Å². The molecule has 1 rings (SSSR count). The fourth-order valence-corrected chi connectivity index (χ4v) is 1.58. The highest BCUT2D eigenvalue weighted by Crippen LogP contribution is 2.25. The number of nitrogens with one attached hydrogen (secondary N) is 1. The minimum Gasteiger partial charge on any atom is -0.496 e. The van der Waals surface area contributed by atoms with E-state index in [1.807, 2.05) is 6.92 Å². The van der Waals surface area contributed by atoms with Crippen LogP contribution in [0.2, 0.25) is 0 Å². The molecule has 0 saturated heterocycles. The van der Waals surface area contributed by atoms with Crippen molar-refractivity contribution in [3.05, 3.63) is 28.2 Å². The Morgan fingerprint density at radius 2 is 2.21 bits per heavy atom. The summed E-state index contributed by atoms with van der Waals surface area (Å²) in [6, 6.07) is 5.39. The number of halogens is 1. The maximum Gasteiger partial charge on any atom is 0.213 e. The molecule has 0 aliphatic carbocycles. The van der Waals surface area contributed by atoms with Crippen molar-refractivity contribution in [1.29, 1.82) is 5.41 Å². The van der Waals surface area contributed by atoms with Gasteiger partial charge >= 0.3 is 0 Å². The van der Waals surface area contributed by atoms with Crippen LogP contribution in [0.1, 0.15) is 12.5 Å². The molecule has 0 atom stereocenters. The third-order valence-electron chi connectivity index (χ3n) is 1.70. The maximum atomic E-state index is 7.57. The van der Waals surface area contributed by atoms with E-state index in [2.05, 4.69) is 15.9 Å². The smallest absolute Gasteiger partial charge is 0.213 e. The van der Waals surface area contributed by atoms with Gasteiger partial charge in [-0.3, -0.25) is 5.41 Å². The van der Waals surface area contributed by atoms with Crippen molar-refractivity contribution in [3.8, 4) is 5.75 Å². The van der Waals surface area contributed by atoms with E-state index in [1.54, 1.807) is 25.3 Å². The highest BCUT2D eigenvalue weighted by molar-refractivity contribution is 9.10. The fourth-order valence-electron chi connectivity index (χ4n) is 1.04. The molecular weight excluding hydrogens is 246 g/mol. The number of hydrogen-bond donors (Lipinski definition) is 1. The molecule has 0 radical (unpaired) electrons. The highest BCUT2D eigenvalue weighted by Gasteiger charge is 2.05. The van der Waals surface area contributed by atoms with Crippen LogP contribution in [-0.4, -0.2) is 19.6 Å². The summed E-state index contributed by atoms with van der Waals surface area (Å²) in [5.41, 5.74) is 0.736. The van der Waals surface area contributed by atoms with E-state index in [9.17, 15) is 0 Å². The van der Waals surface area contributed by atoms with E-state index in [-0.39, 0.29) is 5.90 Å². The summed E-state index contributed by atoms with van der Waals surface area (Å²) >= 11 is 3.35. The van der Waals surface area contributed by atoms with Crippen LogP contribution in [-0.2, 0) is 4.74 Å². The lowest BCUT2D eigenvalue weighted by Gasteiger charge is -2.07. The van der Waals surface area contributed by atoms with Crippen LogP contribution < -0.4 is 4.74 Å². The molecule has 76 valence electrons. The molecule has 0 aliphatic heterocycles. The third-order valence-corrected chi connectivity index (χ3v) is 2.32. The summed E-state index contributed by atoms with van der Waals surface area (Å²) in [5.74, 6) is 0.925. The van der Waals surface area contributed by atoms with Crippen LogP contribution in [0.25, 0.3) is 0 Å². The molecule has 0 heterocycles. The Bertz CT molecular complexity index is 339. The largest absolute Gasteiger partial charge is 0.496 e. The number of ether oxygens (including phenoxy) is 2. The lowest BCUT2D eigenvalue weighted by molar-refractivity contribution is 0.325. The number of benzene rings is 1. The molecule has 0 aliphatic rings. The number of rotatable bonds is 3. The van der Waals surface area contributed by atoms with Crippen LogP contribution in [0.4, 0.5) is 0 Å². The van der Waals surface area contributed by atoms with Crippen molar-refractivity contribution < 1.29 is 9.47 Å². The van der Waals surface area contributed by atoms with Crippen molar-refractivity contribution in [3.63, 3.8) is 0 Å². The second kappa shape index (κ2) is 5.00. The molecule has 3 nitrogen and oxygen atoms in total. The van der Waals surface area contributed by atoms with Crippen molar-refractivity contribution in [1.82, 2.24) is 0 Å². The average molecular weight is 258 g/mol. The summed E-state index contributed by atoms with van der Waals surface area (Å²) in [5, 5.41) is 7.57. The van der Waals surface area contributed by atoms with Gasteiger partial charge in [0.1, 0.15) is 5.75 Å². The Hall–Kier alpha value is -1.03. The van der Waals surface area contributed by atoms with E-state index in [4.69, 9.17) is 14.9 Å². The summed E-state index contributed by atoms with van der Waals surface area (Å²) in [4.78, 5) is 0. The summed E-state index contributed by atoms with van der Waals surface area (Å²) < 4.78 is 11.0. The average Bonchev–Trinajstić information content (AvgIpc) is 2.18. The zero-order chi connectivity index (χ0) is 10.6. The molecular formula is C10H12BrNO2. The van der Waals surface area contributed by atoms with E-state index >= 15 is 0 Å².